The molecule has 1 unspecified atom stereocenters. The number of aromatic carboxylic acids is 1. The molecule has 8 heteroatoms. The quantitative estimate of drug-likeness (QED) is 0.791. The molecule has 4 N–H and O–H groups in total. The zero-order valence-corrected chi connectivity index (χ0v) is 11.8. The monoisotopic (exact) mass is 308 g/mol. The predicted octanol–water partition coefficient (Wildman–Crippen LogP) is 1.41. The first-order valence-electron chi connectivity index (χ1n) is 5.96. The van der Waals surface area contributed by atoms with Gasteiger partial charge < -0.3 is 16.2 Å². The van der Waals surface area contributed by atoms with Crippen molar-refractivity contribution >= 4 is 29.2 Å². The number of carboxylic acids is 1. The highest BCUT2D eigenvalue weighted by atomic mass is 35.5. The molecular weight excluding hydrogens is 296 g/mol. The molecule has 0 aliphatic carbocycles. The molecule has 0 radical (unpaired) electrons. The number of aryl methyl sites for hydroxylation is 1. The third kappa shape index (κ3) is 3.39. The van der Waals surface area contributed by atoms with E-state index in [-0.39, 0.29) is 16.3 Å². The van der Waals surface area contributed by atoms with Crippen molar-refractivity contribution in [3.63, 3.8) is 0 Å². The summed E-state index contributed by atoms with van der Waals surface area (Å²) in [5.41, 5.74) is 6.58. The third-order valence-electron chi connectivity index (χ3n) is 2.84. The van der Waals surface area contributed by atoms with Crippen molar-refractivity contribution in [1.82, 2.24) is 9.78 Å². The van der Waals surface area contributed by atoms with Crippen molar-refractivity contribution in [3.05, 3.63) is 46.7 Å². The minimum Gasteiger partial charge on any atom is -0.478 e. The van der Waals surface area contributed by atoms with E-state index in [0.29, 0.717) is 5.56 Å². The lowest BCUT2D eigenvalue weighted by Crippen LogP contribution is -2.27. The first-order valence-corrected chi connectivity index (χ1v) is 6.34. The van der Waals surface area contributed by atoms with Crippen LogP contribution in [0.5, 0.6) is 0 Å². The smallest absolute Gasteiger partial charge is 0.335 e. The van der Waals surface area contributed by atoms with Crippen LogP contribution in [0.25, 0.3) is 0 Å². The molecule has 110 valence electrons. The van der Waals surface area contributed by atoms with Gasteiger partial charge >= 0.3 is 5.97 Å². The molecule has 1 heterocycles. The second-order valence-electron chi connectivity index (χ2n) is 4.41. The number of carbonyl (C=O) groups excluding carboxylic acids is 1. The van der Waals surface area contributed by atoms with E-state index in [9.17, 15) is 9.59 Å². The van der Waals surface area contributed by atoms with Gasteiger partial charge in [0.1, 0.15) is 6.04 Å². The average Bonchev–Trinajstić information content (AvgIpc) is 2.86. The largest absolute Gasteiger partial charge is 0.478 e. The van der Waals surface area contributed by atoms with Crippen LogP contribution in [0, 0.1) is 0 Å². The number of anilines is 1. The summed E-state index contributed by atoms with van der Waals surface area (Å²) < 4.78 is 1.53. The zero-order chi connectivity index (χ0) is 15.6. The predicted molar refractivity (Wildman–Crippen MR) is 77.2 cm³/mol. The van der Waals surface area contributed by atoms with E-state index in [1.54, 1.807) is 13.2 Å². The van der Waals surface area contributed by atoms with Gasteiger partial charge in [0, 0.05) is 18.8 Å². The van der Waals surface area contributed by atoms with Crippen LogP contribution in [-0.2, 0) is 11.8 Å². The number of amides is 1. The molecule has 1 amide bonds. The standard InChI is InChI=1S/C13H13ClN4O3/c1-18-6-8(5-16-18)11(15)12(19)17-10-4-7(13(20)21)2-3-9(10)14/h2-6,11H,15H2,1H3,(H,17,19)(H,20,21). The molecular formula is C13H13ClN4O3. The van der Waals surface area contributed by atoms with E-state index in [4.69, 9.17) is 22.4 Å². The normalized spacial score (nSPS) is 12.0. The Morgan fingerprint density at radius 1 is 1.48 bits per heavy atom. The van der Waals surface area contributed by atoms with Crippen LogP contribution < -0.4 is 11.1 Å². The van der Waals surface area contributed by atoms with E-state index in [0.717, 1.165) is 0 Å². The zero-order valence-electron chi connectivity index (χ0n) is 11.1. The van der Waals surface area contributed by atoms with Crippen LogP contribution >= 0.6 is 11.6 Å². The van der Waals surface area contributed by atoms with Gasteiger partial charge in [-0.3, -0.25) is 9.48 Å². The van der Waals surface area contributed by atoms with Crippen molar-refractivity contribution in [2.24, 2.45) is 12.8 Å². The van der Waals surface area contributed by atoms with Crippen LogP contribution in [0.3, 0.4) is 0 Å². The Bertz CT molecular complexity index is 698. The Kier molecular flexibility index (Phi) is 4.25. The Labute approximate surface area is 125 Å². The minimum atomic E-state index is -1.11. The Balaban J connectivity index is 2.19. The fourth-order valence-electron chi connectivity index (χ4n) is 1.72. The second-order valence-corrected chi connectivity index (χ2v) is 4.82. The van der Waals surface area contributed by atoms with E-state index in [1.165, 1.54) is 29.1 Å². The number of halogens is 1. The summed E-state index contributed by atoms with van der Waals surface area (Å²) in [7, 11) is 1.71. The Morgan fingerprint density at radius 3 is 2.76 bits per heavy atom. The van der Waals surface area contributed by atoms with Gasteiger partial charge in [-0.05, 0) is 18.2 Å². The van der Waals surface area contributed by atoms with Crippen molar-refractivity contribution in [2.45, 2.75) is 6.04 Å². The molecule has 2 aromatic rings. The van der Waals surface area contributed by atoms with E-state index >= 15 is 0 Å². The van der Waals surface area contributed by atoms with Crippen molar-refractivity contribution < 1.29 is 14.7 Å². The molecule has 1 atom stereocenters. The molecule has 1 aromatic carbocycles. The molecule has 0 fully saturated rings. The van der Waals surface area contributed by atoms with Gasteiger partial charge in [0.15, 0.2) is 0 Å². The molecule has 0 saturated heterocycles. The number of rotatable bonds is 4. The number of aromatic nitrogens is 2. The molecule has 0 aliphatic heterocycles. The fraction of sp³-hybridized carbons (Fsp3) is 0.154. The van der Waals surface area contributed by atoms with Crippen molar-refractivity contribution in [3.8, 4) is 0 Å². The Hall–Kier alpha value is -2.38. The number of nitrogens with zero attached hydrogens (tertiary/aromatic N) is 2. The molecule has 2 rings (SSSR count). The summed E-state index contributed by atoms with van der Waals surface area (Å²) in [6, 6.07) is 3.10. The van der Waals surface area contributed by atoms with Crippen LogP contribution in [0.15, 0.2) is 30.6 Å². The lowest BCUT2D eigenvalue weighted by Gasteiger charge is -2.12. The highest BCUT2D eigenvalue weighted by molar-refractivity contribution is 6.33. The number of nitrogens with two attached hydrogens (primary N) is 1. The molecule has 0 aliphatic rings. The lowest BCUT2D eigenvalue weighted by molar-refractivity contribution is -0.117. The maximum absolute atomic E-state index is 12.1. The topological polar surface area (TPSA) is 110 Å². The summed E-state index contributed by atoms with van der Waals surface area (Å²) in [5.74, 6) is -1.62. The van der Waals surface area contributed by atoms with Crippen LogP contribution in [0.2, 0.25) is 5.02 Å². The Morgan fingerprint density at radius 2 is 2.19 bits per heavy atom. The molecule has 0 bridgehead atoms. The summed E-state index contributed by atoms with van der Waals surface area (Å²) >= 11 is 5.93. The summed E-state index contributed by atoms with van der Waals surface area (Å²) in [6.07, 6.45) is 3.11. The highest BCUT2D eigenvalue weighted by Gasteiger charge is 2.19. The highest BCUT2D eigenvalue weighted by Crippen LogP contribution is 2.24. The van der Waals surface area contributed by atoms with Gasteiger partial charge in [0.2, 0.25) is 5.91 Å². The maximum atomic E-state index is 12.1. The van der Waals surface area contributed by atoms with Gasteiger partial charge in [0.05, 0.1) is 22.5 Å². The number of carbonyl (C=O) groups is 2. The number of carboxylic acid groups (broad SMARTS) is 1. The SMILES string of the molecule is Cn1cc(C(N)C(=O)Nc2cc(C(=O)O)ccc2Cl)cn1. The van der Waals surface area contributed by atoms with Gasteiger partial charge in [-0.15, -0.1) is 0 Å². The number of benzene rings is 1. The molecule has 0 spiro atoms. The van der Waals surface area contributed by atoms with E-state index in [1.807, 2.05) is 0 Å². The van der Waals surface area contributed by atoms with E-state index < -0.39 is 17.9 Å². The second kappa shape index (κ2) is 5.94. The van der Waals surface area contributed by atoms with Gasteiger partial charge in [-0.25, -0.2) is 4.79 Å². The number of hydrogen-bond acceptors (Lipinski definition) is 4. The summed E-state index contributed by atoms with van der Waals surface area (Å²) in [5, 5.41) is 15.6. The number of hydrogen-bond donors (Lipinski definition) is 3. The van der Waals surface area contributed by atoms with Crippen LogP contribution in [-0.4, -0.2) is 26.8 Å². The van der Waals surface area contributed by atoms with E-state index in [2.05, 4.69) is 10.4 Å². The summed E-state index contributed by atoms with van der Waals surface area (Å²) in [6.45, 7) is 0. The number of nitrogens with one attached hydrogen (secondary N) is 1. The lowest BCUT2D eigenvalue weighted by atomic mass is 10.1. The first-order chi connectivity index (χ1) is 9.88. The van der Waals surface area contributed by atoms with Crippen LogP contribution in [0.1, 0.15) is 22.0 Å². The first kappa shape index (κ1) is 15.0. The third-order valence-corrected chi connectivity index (χ3v) is 3.17. The van der Waals surface area contributed by atoms with Gasteiger partial charge in [-0.1, -0.05) is 11.6 Å². The molecule has 1 aromatic heterocycles. The molecule has 0 saturated carbocycles. The molecule has 21 heavy (non-hydrogen) atoms. The van der Waals surface area contributed by atoms with Crippen LogP contribution in [0.4, 0.5) is 5.69 Å². The average molecular weight is 309 g/mol. The molecule has 7 nitrogen and oxygen atoms in total. The van der Waals surface area contributed by atoms with Gasteiger partial charge in [0.25, 0.3) is 0 Å². The summed E-state index contributed by atoms with van der Waals surface area (Å²) in [4.78, 5) is 23.0. The minimum absolute atomic E-state index is 0.0182. The van der Waals surface area contributed by atoms with Crippen molar-refractivity contribution in [2.75, 3.05) is 5.32 Å². The van der Waals surface area contributed by atoms with Crippen molar-refractivity contribution in [1.29, 1.82) is 0 Å². The fourth-order valence-corrected chi connectivity index (χ4v) is 1.88. The maximum Gasteiger partial charge on any atom is 0.335 e. The van der Waals surface area contributed by atoms with Gasteiger partial charge in [-0.2, -0.15) is 5.10 Å².